The molecule has 26 heavy (non-hydrogen) atoms. The first-order valence-electron chi connectivity index (χ1n) is 8.71. The maximum Gasteiger partial charge on any atom is 0.227 e. The lowest BCUT2D eigenvalue weighted by Crippen LogP contribution is -2.25. The Morgan fingerprint density at radius 2 is 2.12 bits per heavy atom. The van der Waals surface area contributed by atoms with Gasteiger partial charge in [0.25, 0.3) is 0 Å². The minimum Gasteiger partial charge on any atom is -0.324 e. The van der Waals surface area contributed by atoms with Crippen LogP contribution in [0.15, 0.2) is 55.1 Å². The third-order valence-corrected chi connectivity index (χ3v) is 5.18. The van der Waals surface area contributed by atoms with E-state index in [9.17, 15) is 4.79 Å². The lowest BCUT2D eigenvalue weighted by molar-refractivity contribution is -0.117. The number of aryl methyl sites for hydroxylation is 1. The average Bonchev–Trinajstić information content (AvgIpc) is 3.18. The van der Waals surface area contributed by atoms with E-state index in [0.717, 1.165) is 28.1 Å². The van der Waals surface area contributed by atoms with E-state index in [1.807, 2.05) is 54.3 Å². The molecule has 1 fully saturated rings. The number of nitrogens with zero attached hydrogens (tertiary/aromatic N) is 3. The predicted molar refractivity (Wildman–Crippen MR) is 106 cm³/mol. The number of benzene rings is 2. The summed E-state index contributed by atoms with van der Waals surface area (Å²) in [6, 6.07) is 13.7. The summed E-state index contributed by atoms with van der Waals surface area (Å²) in [5.41, 5.74) is 3.96. The van der Waals surface area contributed by atoms with Crippen molar-refractivity contribution in [1.82, 2.24) is 9.55 Å². The van der Waals surface area contributed by atoms with E-state index in [4.69, 9.17) is 16.6 Å². The molecule has 5 heteroatoms. The molecule has 0 radical (unpaired) electrons. The third kappa shape index (κ3) is 2.80. The van der Waals surface area contributed by atoms with Crippen LogP contribution in [-0.4, -0.2) is 22.0 Å². The third-order valence-electron chi connectivity index (χ3n) is 4.95. The molecular weight excluding hydrogens is 346 g/mol. The van der Waals surface area contributed by atoms with Crippen LogP contribution >= 0.6 is 11.6 Å². The molecule has 3 aromatic rings. The molecule has 1 aromatic heterocycles. The zero-order valence-corrected chi connectivity index (χ0v) is 15.4. The van der Waals surface area contributed by atoms with Gasteiger partial charge in [-0.3, -0.25) is 4.79 Å². The van der Waals surface area contributed by atoms with E-state index in [-0.39, 0.29) is 11.8 Å². The number of carbonyl (C=O) groups excluding carboxylic acids is 1. The number of halogens is 1. The van der Waals surface area contributed by atoms with Gasteiger partial charge < -0.3 is 9.47 Å². The summed E-state index contributed by atoms with van der Waals surface area (Å²) in [6.45, 7) is 7.16. The van der Waals surface area contributed by atoms with Crippen molar-refractivity contribution in [2.24, 2.45) is 0 Å². The molecule has 1 amide bonds. The Bertz CT molecular complexity index is 1010. The maximum absolute atomic E-state index is 12.7. The number of amides is 1. The quantitative estimate of drug-likeness (QED) is 0.628. The molecular formula is C21H20ClN3O. The van der Waals surface area contributed by atoms with E-state index in [1.54, 1.807) is 0 Å². The van der Waals surface area contributed by atoms with Gasteiger partial charge in [0, 0.05) is 36.1 Å². The summed E-state index contributed by atoms with van der Waals surface area (Å²) in [7, 11) is 0. The van der Waals surface area contributed by atoms with Gasteiger partial charge in [-0.2, -0.15) is 0 Å². The lowest BCUT2D eigenvalue weighted by Gasteiger charge is -2.19. The molecule has 2 aromatic carbocycles. The van der Waals surface area contributed by atoms with Crippen LogP contribution in [0.2, 0.25) is 5.02 Å². The number of hydrogen-bond donors (Lipinski definition) is 0. The van der Waals surface area contributed by atoms with E-state index < -0.39 is 0 Å². The van der Waals surface area contributed by atoms with Gasteiger partial charge in [0.1, 0.15) is 5.82 Å². The molecule has 0 N–H and O–H groups in total. The van der Waals surface area contributed by atoms with Crippen LogP contribution in [0.1, 0.15) is 23.7 Å². The molecule has 1 aliphatic rings. The molecule has 4 nitrogen and oxygen atoms in total. The fourth-order valence-electron chi connectivity index (χ4n) is 3.71. The van der Waals surface area contributed by atoms with Crippen molar-refractivity contribution in [1.29, 1.82) is 0 Å². The predicted octanol–water partition coefficient (Wildman–Crippen LogP) is 4.70. The van der Waals surface area contributed by atoms with Gasteiger partial charge in [0.2, 0.25) is 5.91 Å². The van der Waals surface area contributed by atoms with Gasteiger partial charge in [-0.1, -0.05) is 35.9 Å². The van der Waals surface area contributed by atoms with E-state index in [0.29, 0.717) is 24.5 Å². The van der Waals surface area contributed by atoms with Crippen molar-refractivity contribution in [2.45, 2.75) is 25.8 Å². The molecule has 0 saturated carbocycles. The van der Waals surface area contributed by atoms with Crippen LogP contribution in [0, 0.1) is 6.92 Å². The molecule has 4 rings (SSSR count). The van der Waals surface area contributed by atoms with Gasteiger partial charge in [-0.25, -0.2) is 4.98 Å². The first-order valence-corrected chi connectivity index (χ1v) is 9.09. The molecule has 132 valence electrons. The monoisotopic (exact) mass is 365 g/mol. The van der Waals surface area contributed by atoms with Gasteiger partial charge in [-0.05, 0) is 36.8 Å². The van der Waals surface area contributed by atoms with Gasteiger partial charge in [-0.15, -0.1) is 6.58 Å². The lowest BCUT2D eigenvalue weighted by atomic mass is 10.1. The van der Waals surface area contributed by atoms with Crippen molar-refractivity contribution in [3.63, 3.8) is 0 Å². The number of allylic oxidation sites excluding steroid dienone is 1. The second kappa shape index (κ2) is 6.61. The molecule has 0 bridgehead atoms. The molecule has 1 aliphatic heterocycles. The molecule has 1 saturated heterocycles. The van der Waals surface area contributed by atoms with Crippen LogP contribution in [0.4, 0.5) is 5.69 Å². The average molecular weight is 366 g/mol. The number of para-hydroxylation sites is 2. The maximum atomic E-state index is 12.7. The summed E-state index contributed by atoms with van der Waals surface area (Å²) >= 11 is 6.15. The second-order valence-corrected chi connectivity index (χ2v) is 7.13. The molecule has 1 unspecified atom stereocenters. The second-order valence-electron chi connectivity index (χ2n) is 6.69. The molecule has 0 spiro atoms. The topological polar surface area (TPSA) is 38.1 Å². The highest BCUT2D eigenvalue weighted by Gasteiger charge is 2.35. The van der Waals surface area contributed by atoms with Crippen LogP contribution in [0.25, 0.3) is 11.0 Å². The highest BCUT2D eigenvalue weighted by atomic mass is 35.5. The Kier molecular flexibility index (Phi) is 4.29. The number of aromatic nitrogens is 2. The van der Waals surface area contributed by atoms with Crippen LogP contribution in [-0.2, 0) is 11.3 Å². The normalized spacial score (nSPS) is 17.2. The zero-order valence-electron chi connectivity index (χ0n) is 14.7. The summed E-state index contributed by atoms with van der Waals surface area (Å²) in [6.07, 6.45) is 2.32. The van der Waals surface area contributed by atoms with Crippen molar-refractivity contribution >= 4 is 34.2 Å². The van der Waals surface area contributed by atoms with Gasteiger partial charge in [0.05, 0.1) is 11.0 Å². The summed E-state index contributed by atoms with van der Waals surface area (Å²) in [4.78, 5) is 19.4. The summed E-state index contributed by atoms with van der Waals surface area (Å²) in [5.74, 6) is 1.10. The zero-order chi connectivity index (χ0) is 18.3. The number of imidazole rings is 1. The Morgan fingerprint density at radius 3 is 2.92 bits per heavy atom. The SMILES string of the molecule is C=CCn1c(C2CC(=O)N(c3cc(Cl)ccc3C)C2)nc2ccccc21. The Morgan fingerprint density at radius 1 is 1.31 bits per heavy atom. The number of rotatable bonds is 4. The number of carbonyl (C=O) groups is 1. The van der Waals surface area contributed by atoms with Gasteiger partial charge >= 0.3 is 0 Å². The van der Waals surface area contributed by atoms with E-state index >= 15 is 0 Å². The highest BCUT2D eigenvalue weighted by molar-refractivity contribution is 6.31. The van der Waals surface area contributed by atoms with Crippen LogP contribution in [0.5, 0.6) is 0 Å². The smallest absolute Gasteiger partial charge is 0.227 e. The van der Waals surface area contributed by atoms with Crippen molar-refractivity contribution in [3.05, 3.63) is 71.5 Å². The molecule has 1 atom stereocenters. The first kappa shape index (κ1) is 16.9. The van der Waals surface area contributed by atoms with Crippen LogP contribution in [0.3, 0.4) is 0 Å². The van der Waals surface area contributed by atoms with E-state index in [1.165, 1.54) is 0 Å². The summed E-state index contributed by atoms with van der Waals surface area (Å²) in [5, 5.41) is 0.640. The minimum atomic E-state index is 0.0493. The number of fused-ring (bicyclic) bond motifs is 1. The van der Waals surface area contributed by atoms with Crippen molar-refractivity contribution < 1.29 is 4.79 Å². The molecule has 2 heterocycles. The largest absolute Gasteiger partial charge is 0.324 e. The Hall–Kier alpha value is -2.59. The first-order chi connectivity index (χ1) is 12.6. The summed E-state index contributed by atoms with van der Waals surface area (Å²) < 4.78 is 2.16. The number of hydrogen-bond acceptors (Lipinski definition) is 2. The van der Waals surface area contributed by atoms with E-state index in [2.05, 4.69) is 17.2 Å². The highest BCUT2D eigenvalue weighted by Crippen LogP contribution is 2.35. The van der Waals surface area contributed by atoms with Crippen molar-refractivity contribution in [3.8, 4) is 0 Å². The fraction of sp³-hybridized carbons (Fsp3) is 0.238. The van der Waals surface area contributed by atoms with Gasteiger partial charge in [0.15, 0.2) is 0 Å². The molecule has 0 aliphatic carbocycles. The Labute approximate surface area is 157 Å². The standard InChI is InChI=1S/C21H20ClN3O/c1-3-10-24-18-7-5-4-6-17(18)23-21(24)15-11-20(26)25(13-15)19-12-16(22)9-8-14(19)2/h3-9,12,15H,1,10-11,13H2,2H3. The van der Waals surface area contributed by atoms with Crippen molar-refractivity contribution in [2.75, 3.05) is 11.4 Å². The minimum absolute atomic E-state index is 0.0493. The fourth-order valence-corrected chi connectivity index (χ4v) is 3.88. The Balaban J connectivity index is 1.73. The number of anilines is 1. The van der Waals surface area contributed by atoms with Crippen LogP contribution < -0.4 is 4.90 Å².